The zero-order valence-corrected chi connectivity index (χ0v) is 16.6. The van der Waals surface area contributed by atoms with Crippen LogP contribution >= 0.6 is 0 Å². The summed E-state index contributed by atoms with van der Waals surface area (Å²) in [6.07, 6.45) is -5.61. The Balaban J connectivity index is 0.000000621. The van der Waals surface area contributed by atoms with Gasteiger partial charge in [0, 0.05) is 12.1 Å². The van der Waals surface area contributed by atoms with Crippen LogP contribution in [0.1, 0.15) is 25.5 Å². The monoisotopic (exact) mass is 400 g/mol. The Kier molecular flexibility index (Phi) is 9.75. The lowest BCUT2D eigenvalue weighted by molar-refractivity contribution is -0.262. The van der Waals surface area contributed by atoms with E-state index in [9.17, 15) is 19.5 Å². The third-order valence-electron chi connectivity index (χ3n) is 4.54. The molecule has 4 atom stereocenters. The highest BCUT2D eigenvalue weighted by atomic mass is 16.4. The minimum absolute atomic E-state index is 0.200. The largest absolute Gasteiger partial charge is 0.498 e. The lowest BCUT2D eigenvalue weighted by atomic mass is 10.1. The molecule has 1 aromatic rings. The summed E-state index contributed by atoms with van der Waals surface area (Å²) in [5.74, 6) is -3.54. The highest BCUT2D eigenvalue weighted by Gasteiger charge is 2.29. The van der Waals surface area contributed by atoms with Crippen LogP contribution < -0.4 is 9.59 Å². The van der Waals surface area contributed by atoms with Gasteiger partial charge in [-0.05, 0) is 39.6 Å². The number of benzene rings is 1. The van der Waals surface area contributed by atoms with Gasteiger partial charge in [0.1, 0.15) is 5.69 Å². The number of carbonyl (C=O) groups is 3. The van der Waals surface area contributed by atoms with E-state index in [-0.39, 0.29) is 10.5 Å². The molecule has 0 aliphatic heterocycles. The van der Waals surface area contributed by atoms with Crippen LogP contribution in [0.15, 0.2) is 24.3 Å². The van der Waals surface area contributed by atoms with Crippen molar-refractivity contribution >= 4 is 23.7 Å². The molecule has 3 unspecified atom stereocenters. The van der Waals surface area contributed by atoms with Gasteiger partial charge < -0.3 is 35.2 Å². The number of carbonyl (C=O) groups excluding carboxylic acids is 1. The first kappa shape index (κ1) is 25.5. The van der Waals surface area contributed by atoms with Crippen LogP contribution in [0, 0.1) is 0 Å². The van der Waals surface area contributed by atoms with Crippen LogP contribution in [0.2, 0.25) is 0 Å². The molecule has 4 N–H and O–H groups in total. The van der Waals surface area contributed by atoms with E-state index in [1.54, 1.807) is 7.05 Å². The van der Waals surface area contributed by atoms with Crippen molar-refractivity contribution in [1.82, 2.24) is 9.38 Å². The summed E-state index contributed by atoms with van der Waals surface area (Å²) in [6.45, 7) is 4.40. The van der Waals surface area contributed by atoms with Crippen LogP contribution in [-0.4, -0.2) is 83.3 Å². The summed E-state index contributed by atoms with van der Waals surface area (Å²) in [7, 11) is 5.67. The second-order valence-electron chi connectivity index (χ2n) is 6.57. The number of aliphatic hydroxyl groups excluding tert-OH is 2. The SMILES string of the molecule is CC[N@+](C)(C(=O)[O-])c1cccc(C(C)N(C)C)c1.O=C(O)C(O)C(O)C(=O)O. The summed E-state index contributed by atoms with van der Waals surface area (Å²) < 4.78 is -0.200. The Morgan fingerprint density at radius 1 is 1.11 bits per heavy atom. The molecule has 0 saturated carbocycles. The zero-order valence-electron chi connectivity index (χ0n) is 16.6. The Hall–Kier alpha value is -2.53. The second kappa shape index (κ2) is 10.7. The van der Waals surface area contributed by atoms with Gasteiger partial charge in [0.05, 0.1) is 13.6 Å². The molecule has 0 radical (unpaired) electrons. The van der Waals surface area contributed by atoms with E-state index >= 15 is 0 Å². The van der Waals surface area contributed by atoms with E-state index < -0.39 is 30.2 Å². The van der Waals surface area contributed by atoms with Crippen molar-refractivity contribution in [2.45, 2.75) is 32.1 Å². The zero-order chi connectivity index (χ0) is 22.2. The molecule has 10 nitrogen and oxygen atoms in total. The summed E-state index contributed by atoms with van der Waals surface area (Å²) in [6, 6.07) is 7.95. The molecule has 0 heterocycles. The quantitative estimate of drug-likeness (QED) is 0.442. The van der Waals surface area contributed by atoms with E-state index in [4.69, 9.17) is 20.4 Å². The number of carboxylic acids is 2. The molecule has 0 fully saturated rings. The minimum atomic E-state index is -2.27. The number of quaternary nitrogens is 1. The lowest BCUT2D eigenvalue weighted by Gasteiger charge is -2.32. The fourth-order valence-corrected chi connectivity index (χ4v) is 2.08. The lowest BCUT2D eigenvalue weighted by Crippen LogP contribution is -2.57. The maximum absolute atomic E-state index is 11.3. The standard InChI is InChI=1S/C14H22N2O2.C4H6O6/c1-6-16(5,14(17)18)13-9-7-8-12(10-13)11(2)15(3)4;5-1(3(7)8)2(6)4(9)10/h7-11H,6H2,1-5H3;1-2,5-6H,(H,7,8)(H,9,10)/t11?,16-;/m0./s1. The summed E-state index contributed by atoms with van der Waals surface area (Å²) in [5, 5.41) is 43.8. The van der Waals surface area contributed by atoms with E-state index in [0.29, 0.717) is 6.54 Å². The molecule has 1 aromatic carbocycles. The van der Waals surface area contributed by atoms with Crippen LogP contribution in [0.4, 0.5) is 10.5 Å². The molecule has 28 heavy (non-hydrogen) atoms. The smallest absolute Gasteiger partial charge is 0.335 e. The normalized spacial score (nSPS) is 16.1. The van der Waals surface area contributed by atoms with Gasteiger partial charge in [-0.3, -0.25) is 0 Å². The first-order valence-corrected chi connectivity index (χ1v) is 8.45. The van der Waals surface area contributed by atoms with Crippen LogP contribution in [0.25, 0.3) is 0 Å². The molecule has 0 bridgehead atoms. The van der Waals surface area contributed by atoms with Gasteiger partial charge in [-0.15, -0.1) is 0 Å². The Morgan fingerprint density at radius 3 is 1.89 bits per heavy atom. The number of carboxylic acid groups (broad SMARTS) is 3. The van der Waals surface area contributed by atoms with Crippen molar-refractivity contribution < 1.29 is 39.9 Å². The van der Waals surface area contributed by atoms with Gasteiger partial charge in [0.15, 0.2) is 12.2 Å². The third-order valence-corrected chi connectivity index (χ3v) is 4.54. The van der Waals surface area contributed by atoms with Crippen LogP contribution in [0.3, 0.4) is 0 Å². The van der Waals surface area contributed by atoms with Gasteiger partial charge in [-0.2, -0.15) is 0 Å². The Bertz CT molecular complexity index is 676. The van der Waals surface area contributed by atoms with Gasteiger partial charge in [0.25, 0.3) is 6.09 Å². The van der Waals surface area contributed by atoms with Crippen molar-refractivity contribution in [2.24, 2.45) is 0 Å². The molecule has 1 amide bonds. The van der Waals surface area contributed by atoms with E-state index in [1.165, 1.54) is 0 Å². The van der Waals surface area contributed by atoms with E-state index in [2.05, 4.69) is 11.8 Å². The van der Waals surface area contributed by atoms with Gasteiger partial charge >= 0.3 is 11.9 Å². The van der Waals surface area contributed by atoms with Crippen molar-refractivity contribution in [3.8, 4) is 0 Å². The Morgan fingerprint density at radius 2 is 1.57 bits per heavy atom. The number of rotatable bonds is 7. The molecule has 158 valence electrons. The predicted octanol–water partition coefficient (Wildman–Crippen LogP) is -0.513. The molecule has 0 aliphatic carbocycles. The fourth-order valence-electron chi connectivity index (χ4n) is 2.08. The first-order valence-electron chi connectivity index (χ1n) is 8.45. The summed E-state index contributed by atoms with van der Waals surface area (Å²) in [4.78, 5) is 33.0. The average Bonchev–Trinajstić information content (AvgIpc) is 2.65. The molecule has 0 aliphatic rings. The summed E-state index contributed by atoms with van der Waals surface area (Å²) in [5.41, 5.74) is 1.86. The number of amides is 1. The van der Waals surface area contributed by atoms with E-state index in [0.717, 1.165) is 11.3 Å². The molecule has 1 rings (SSSR count). The van der Waals surface area contributed by atoms with Crippen molar-refractivity contribution in [3.63, 3.8) is 0 Å². The molecule has 0 saturated heterocycles. The van der Waals surface area contributed by atoms with Gasteiger partial charge in [-0.25, -0.2) is 14.1 Å². The van der Waals surface area contributed by atoms with Crippen LogP contribution in [0.5, 0.6) is 0 Å². The first-order chi connectivity index (χ1) is 12.8. The highest BCUT2D eigenvalue weighted by molar-refractivity contribution is 5.83. The second-order valence-corrected chi connectivity index (χ2v) is 6.57. The van der Waals surface area contributed by atoms with Gasteiger partial charge in [0.2, 0.25) is 0 Å². The van der Waals surface area contributed by atoms with E-state index in [1.807, 2.05) is 45.3 Å². The number of hydrogen-bond donors (Lipinski definition) is 4. The Labute approximate surface area is 163 Å². The molecule has 0 spiro atoms. The van der Waals surface area contributed by atoms with Gasteiger partial charge in [-0.1, -0.05) is 12.1 Å². The maximum Gasteiger partial charge on any atom is 0.335 e. The number of aliphatic hydroxyl groups is 2. The van der Waals surface area contributed by atoms with Crippen molar-refractivity contribution in [3.05, 3.63) is 29.8 Å². The summed E-state index contributed by atoms with van der Waals surface area (Å²) >= 11 is 0. The number of hydrogen-bond acceptors (Lipinski definition) is 7. The molecular weight excluding hydrogens is 372 g/mol. The van der Waals surface area contributed by atoms with Crippen molar-refractivity contribution in [2.75, 3.05) is 27.7 Å². The third kappa shape index (κ3) is 6.57. The molecule has 0 aromatic heterocycles. The average molecular weight is 400 g/mol. The van der Waals surface area contributed by atoms with Crippen LogP contribution in [-0.2, 0) is 9.59 Å². The predicted molar refractivity (Wildman–Crippen MR) is 99.5 cm³/mol. The number of nitrogens with zero attached hydrogens (tertiary/aromatic N) is 2. The minimum Gasteiger partial charge on any atom is -0.498 e. The fraction of sp³-hybridized carbons (Fsp3) is 0.500. The number of aliphatic carboxylic acids is 2. The molecular formula is C18H28N2O8. The maximum atomic E-state index is 11.3. The van der Waals surface area contributed by atoms with Crippen molar-refractivity contribution in [1.29, 1.82) is 0 Å². The highest BCUT2D eigenvalue weighted by Crippen LogP contribution is 2.26. The molecule has 10 heteroatoms. The topological polar surface area (TPSA) is 158 Å².